The second-order valence-corrected chi connectivity index (χ2v) is 5.13. The van der Waals surface area contributed by atoms with Crippen molar-refractivity contribution in [1.82, 2.24) is 0 Å². The van der Waals surface area contributed by atoms with E-state index in [0.717, 1.165) is 19.3 Å². The molecule has 0 unspecified atom stereocenters. The summed E-state index contributed by atoms with van der Waals surface area (Å²) < 4.78 is 5.42. The standard InChI is InChI=1S/C13H17ClN2O2/c1-18-13(5-2-6-13)8-12(17)16-11-4-3-9(14)7-10(11)15/h3-4,7H,2,5-6,8,15H2,1H3,(H,16,17). The molecule has 1 saturated carbocycles. The third kappa shape index (κ3) is 2.76. The third-order valence-corrected chi connectivity index (χ3v) is 3.70. The number of methoxy groups -OCH3 is 1. The van der Waals surface area contributed by atoms with E-state index in [1.807, 2.05) is 0 Å². The summed E-state index contributed by atoms with van der Waals surface area (Å²) >= 11 is 5.80. The van der Waals surface area contributed by atoms with Crippen LogP contribution in [0.2, 0.25) is 5.02 Å². The van der Waals surface area contributed by atoms with Crippen LogP contribution in [0.25, 0.3) is 0 Å². The molecule has 0 heterocycles. The van der Waals surface area contributed by atoms with E-state index >= 15 is 0 Å². The number of nitrogens with two attached hydrogens (primary N) is 1. The Hall–Kier alpha value is -1.26. The molecule has 1 aromatic rings. The van der Waals surface area contributed by atoms with E-state index in [9.17, 15) is 4.79 Å². The molecule has 2 rings (SSSR count). The molecule has 4 nitrogen and oxygen atoms in total. The number of amides is 1. The molecule has 0 aromatic heterocycles. The summed E-state index contributed by atoms with van der Waals surface area (Å²) in [6.07, 6.45) is 3.36. The van der Waals surface area contributed by atoms with Crippen LogP contribution in [0.5, 0.6) is 0 Å². The monoisotopic (exact) mass is 268 g/mol. The summed E-state index contributed by atoms with van der Waals surface area (Å²) in [5.74, 6) is -0.0782. The Bertz CT molecular complexity index is 453. The Kier molecular flexibility index (Phi) is 3.78. The van der Waals surface area contributed by atoms with Crippen molar-refractivity contribution in [1.29, 1.82) is 0 Å². The smallest absolute Gasteiger partial charge is 0.227 e. The topological polar surface area (TPSA) is 64.3 Å². The van der Waals surface area contributed by atoms with Crippen LogP contribution >= 0.6 is 11.6 Å². The summed E-state index contributed by atoms with van der Waals surface area (Å²) in [5.41, 5.74) is 6.57. The Labute approximate surface area is 111 Å². The normalized spacial score (nSPS) is 17.0. The Morgan fingerprint density at radius 3 is 2.78 bits per heavy atom. The zero-order valence-electron chi connectivity index (χ0n) is 10.3. The number of hydrogen-bond acceptors (Lipinski definition) is 3. The molecule has 5 heteroatoms. The summed E-state index contributed by atoms with van der Waals surface area (Å²) in [5, 5.41) is 3.35. The fourth-order valence-electron chi connectivity index (χ4n) is 2.16. The van der Waals surface area contributed by atoms with E-state index in [0.29, 0.717) is 22.8 Å². The van der Waals surface area contributed by atoms with E-state index in [1.165, 1.54) is 0 Å². The van der Waals surface area contributed by atoms with E-state index in [2.05, 4.69) is 5.32 Å². The Morgan fingerprint density at radius 1 is 1.56 bits per heavy atom. The van der Waals surface area contributed by atoms with Crippen molar-refractivity contribution in [2.24, 2.45) is 0 Å². The molecule has 0 aliphatic heterocycles. The largest absolute Gasteiger partial charge is 0.397 e. The van der Waals surface area contributed by atoms with Crippen molar-refractivity contribution >= 4 is 28.9 Å². The van der Waals surface area contributed by atoms with E-state index < -0.39 is 0 Å². The van der Waals surface area contributed by atoms with Crippen LogP contribution in [-0.4, -0.2) is 18.6 Å². The fraction of sp³-hybridized carbons (Fsp3) is 0.462. The maximum absolute atomic E-state index is 11.9. The van der Waals surface area contributed by atoms with Gasteiger partial charge in [0.2, 0.25) is 5.91 Å². The molecule has 0 bridgehead atoms. The third-order valence-electron chi connectivity index (χ3n) is 3.47. The SMILES string of the molecule is COC1(CC(=O)Nc2ccc(Cl)cc2N)CCC1. The van der Waals surface area contributed by atoms with Crippen LogP contribution in [0.4, 0.5) is 11.4 Å². The summed E-state index contributed by atoms with van der Waals surface area (Å²) in [4.78, 5) is 11.9. The molecule has 0 atom stereocenters. The molecular formula is C13H17ClN2O2. The highest BCUT2D eigenvalue weighted by Crippen LogP contribution is 2.38. The Morgan fingerprint density at radius 2 is 2.28 bits per heavy atom. The summed E-state index contributed by atoms with van der Waals surface area (Å²) in [6.45, 7) is 0. The van der Waals surface area contributed by atoms with Gasteiger partial charge in [0.05, 0.1) is 23.4 Å². The van der Waals surface area contributed by atoms with Crippen LogP contribution in [0.1, 0.15) is 25.7 Å². The van der Waals surface area contributed by atoms with Crippen molar-refractivity contribution in [2.75, 3.05) is 18.2 Å². The fourth-order valence-corrected chi connectivity index (χ4v) is 2.34. The van der Waals surface area contributed by atoms with Crippen molar-refractivity contribution in [3.8, 4) is 0 Å². The lowest BCUT2D eigenvalue weighted by atomic mass is 9.77. The number of rotatable bonds is 4. The molecule has 3 N–H and O–H groups in total. The highest BCUT2D eigenvalue weighted by molar-refractivity contribution is 6.31. The predicted octanol–water partition coefficient (Wildman–Crippen LogP) is 2.82. The highest BCUT2D eigenvalue weighted by atomic mass is 35.5. The molecule has 0 saturated heterocycles. The molecule has 0 spiro atoms. The zero-order chi connectivity index (χ0) is 13.2. The van der Waals surface area contributed by atoms with Gasteiger partial charge in [0.15, 0.2) is 0 Å². The minimum Gasteiger partial charge on any atom is -0.397 e. The van der Waals surface area contributed by atoms with Gasteiger partial charge in [0, 0.05) is 12.1 Å². The minimum absolute atomic E-state index is 0.0782. The molecule has 98 valence electrons. The number of nitrogens with one attached hydrogen (secondary N) is 1. The van der Waals surface area contributed by atoms with Gasteiger partial charge in [-0.15, -0.1) is 0 Å². The average Bonchev–Trinajstić information content (AvgIpc) is 2.27. The highest BCUT2D eigenvalue weighted by Gasteiger charge is 2.39. The van der Waals surface area contributed by atoms with Crippen LogP contribution in [0.15, 0.2) is 18.2 Å². The Balaban J connectivity index is 1.98. The molecule has 0 radical (unpaired) electrons. The number of carbonyl (C=O) groups is 1. The molecule has 1 amide bonds. The number of halogens is 1. The van der Waals surface area contributed by atoms with Gasteiger partial charge in [-0.2, -0.15) is 0 Å². The van der Waals surface area contributed by atoms with Crippen LogP contribution in [0, 0.1) is 0 Å². The van der Waals surface area contributed by atoms with E-state index in [4.69, 9.17) is 22.1 Å². The van der Waals surface area contributed by atoms with Gasteiger partial charge < -0.3 is 15.8 Å². The van der Waals surface area contributed by atoms with Gasteiger partial charge in [0.25, 0.3) is 0 Å². The number of anilines is 2. The number of ether oxygens (including phenoxy) is 1. The summed E-state index contributed by atoms with van der Waals surface area (Å²) in [7, 11) is 1.66. The second kappa shape index (κ2) is 5.16. The van der Waals surface area contributed by atoms with Crippen LogP contribution < -0.4 is 11.1 Å². The first-order valence-electron chi connectivity index (χ1n) is 5.95. The lowest BCUT2D eigenvalue weighted by molar-refractivity contribution is -0.129. The van der Waals surface area contributed by atoms with Crippen LogP contribution in [-0.2, 0) is 9.53 Å². The number of benzene rings is 1. The van der Waals surface area contributed by atoms with Crippen molar-refractivity contribution in [3.05, 3.63) is 23.2 Å². The maximum Gasteiger partial charge on any atom is 0.227 e. The van der Waals surface area contributed by atoms with Gasteiger partial charge in [-0.1, -0.05) is 11.6 Å². The molecule has 1 aromatic carbocycles. The van der Waals surface area contributed by atoms with Gasteiger partial charge in [-0.05, 0) is 37.5 Å². The quantitative estimate of drug-likeness (QED) is 0.826. The van der Waals surface area contributed by atoms with Gasteiger partial charge >= 0.3 is 0 Å². The molecular weight excluding hydrogens is 252 g/mol. The predicted molar refractivity (Wildman–Crippen MR) is 72.7 cm³/mol. The van der Waals surface area contributed by atoms with Crippen molar-refractivity contribution < 1.29 is 9.53 Å². The molecule has 1 fully saturated rings. The minimum atomic E-state index is -0.273. The average molecular weight is 269 g/mol. The van der Waals surface area contributed by atoms with Crippen LogP contribution in [0.3, 0.4) is 0 Å². The zero-order valence-corrected chi connectivity index (χ0v) is 11.1. The first-order chi connectivity index (χ1) is 8.54. The van der Waals surface area contributed by atoms with E-state index in [1.54, 1.807) is 25.3 Å². The first kappa shape index (κ1) is 13.2. The molecule has 1 aliphatic carbocycles. The molecule has 1 aliphatic rings. The molecule has 18 heavy (non-hydrogen) atoms. The van der Waals surface area contributed by atoms with Gasteiger partial charge in [0.1, 0.15) is 0 Å². The number of nitrogen functional groups attached to an aromatic ring is 1. The van der Waals surface area contributed by atoms with E-state index in [-0.39, 0.29) is 11.5 Å². The maximum atomic E-state index is 11.9. The van der Waals surface area contributed by atoms with Crippen molar-refractivity contribution in [2.45, 2.75) is 31.3 Å². The number of hydrogen-bond donors (Lipinski definition) is 2. The summed E-state index contributed by atoms with van der Waals surface area (Å²) in [6, 6.07) is 5.02. The van der Waals surface area contributed by atoms with Gasteiger partial charge in [-0.25, -0.2) is 0 Å². The van der Waals surface area contributed by atoms with Crippen molar-refractivity contribution in [3.63, 3.8) is 0 Å². The lowest BCUT2D eigenvalue weighted by Crippen LogP contribution is -2.42. The first-order valence-corrected chi connectivity index (χ1v) is 6.32. The number of carbonyl (C=O) groups excluding carboxylic acids is 1. The lowest BCUT2D eigenvalue weighted by Gasteiger charge is -2.39. The second-order valence-electron chi connectivity index (χ2n) is 4.70. The van der Waals surface area contributed by atoms with Gasteiger partial charge in [-0.3, -0.25) is 4.79 Å².